The van der Waals surface area contributed by atoms with Crippen LogP contribution in [0.15, 0.2) is 48.5 Å². The van der Waals surface area contributed by atoms with Crippen LogP contribution in [0.2, 0.25) is 0 Å². The number of Topliss-reactive ketones (excluding diaryl/α,β-unsaturated/α-hetero) is 1. The molecule has 0 unspecified atom stereocenters. The maximum absolute atomic E-state index is 13.5. The average Bonchev–Trinajstić information content (AvgIpc) is 3.28. The van der Waals surface area contributed by atoms with Crippen molar-refractivity contribution < 1.29 is 22.7 Å². The zero-order valence-electron chi connectivity index (χ0n) is 22.5. The van der Waals surface area contributed by atoms with Crippen LogP contribution in [0.1, 0.15) is 43.5 Å². The number of aryl methyl sites for hydroxylation is 2. The van der Waals surface area contributed by atoms with Crippen molar-refractivity contribution in [1.29, 1.82) is 5.26 Å². The molecule has 0 radical (unpaired) electrons. The van der Waals surface area contributed by atoms with E-state index in [2.05, 4.69) is 11.1 Å². The lowest BCUT2D eigenvalue weighted by molar-refractivity contribution is -0.131. The first-order valence-electron chi connectivity index (χ1n) is 12.3. The minimum atomic E-state index is -3.73. The third-order valence-corrected chi connectivity index (χ3v) is 8.86. The van der Waals surface area contributed by atoms with Gasteiger partial charge in [0.25, 0.3) is 0 Å². The maximum atomic E-state index is 13.5. The highest BCUT2D eigenvalue weighted by molar-refractivity contribution is 7.89. The summed E-state index contributed by atoms with van der Waals surface area (Å²) in [7, 11) is 0.542. The number of carbonyl (C=O) groups excluding carboxylic acids is 2. The zero-order chi connectivity index (χ0) is 28.6. The molecule has 0 atom stereocenters. The first-order valence-corrected chi connectivity index (χ1v) is 14.7. The number of carbonyl (C=O) groups is 2. The molecule has 1 aromatic heterocycles. The molecule has 206 valence electrons. The largest absolute Gasteiger partial charge is 0.497 e. The Balaban J connectivity index is 1.81. The van der Waals surface area contributed by atoms with Crippen LogP contribution in [-0.2, 0) is 34.2 Å². The maximum Gasteiger partial charge on any atom is 0.227 e. The number of nitriles is 1. The molecule has 0 aliphatic carbocycles. The van der Waals surface area contributed by atoms with E-state index in [0.717, 1.165) is 16.3 Å². The molecule has 0 N–H and O–H groups in total. The van der Waals surface area contributed by atoms with E-state index >= 15 is 0 Å². The van der Waals surface area contributed by atoms with Crippen LogP contribution in [0.3, 0.4) is 0 Å². The van der Waals surface area contributed by atoms with Crippen LogP contribution in [0, 0.1) is 18.3 Å². The van der Waals surface area contributed by atoms with E-state index in [0.29, 0.717) is 39.7 Å². The topological polar surface area (TPSA) is 121 Å². The van der Waals surface area contributed by atoms with Crippen molar-refractivity contribution in [3.05, 3.63) is 80.8 Å². The predicted molar refractivity (Wildman–Crippen MR) is 150 cm³/mol. The fourth-order valence-corrected chi connectivity index (χ4v) is 5.62. The van der Waals surface area contributed by atoms with Gasteiger partial charge in [0.05, 0.1) is 31.7 Å². The summed E-state index contributed by atoms with van der Waals surface area (Å²) in [6, 6.07) is 17.1. The van der Waals surface area contributed by atoms with Crippen molar-refractivity contribution in [1.82, 2.24) is 14.2 Å². The van der Waals surface area contributed by atoms with Gasteiger partial charge in [0.15, 0.2) is 5.78 Å². The summed E-state index contributed by atoms with van der Waals surface area (Å²) >= 11 is 1.27. The number of rotatable bonds is 13. The van der Waals surface area contributed by atoms with Gasteiger partial charge in [0.2, 0.25) is 15.9 Å². The quantitative estimate of drug-likeness (QED) is 0.289. The lowest BCUT2D eigenvalue weighted by Gasteiger charge is -2.22. The molecule has 0 saturated carbocycles. The van der Waals surface area contributed by atoms with Crippen molar-refractivity contribution in [3.63, 3.8) is 0 Å². The van der Waals surface area contributed by atoms with Gasteiger partial charge in [-0.15, -0.1) is 11.3 Å². The Hall–Kier alpha value is -3.59. The fourth-order valence-electron chi connectivity index (χ4n) is 3.93. The number of thiazole rings is 1. The molecule has 39 heavy (non-hydrogen) atoms. The predicted octanol–water partition coefficient (Wildman–Crippen LogP) is 3.61. The summed E-state index contributed by atoms with van der Waals surface area (Å²) in [5.74, 6) is -0.893. The van der Waals surface area contributed by atoms with Crippen molar-refractivity contribution in [2.24, 2.45) is 0 Å². The highest BCUT2D eigenvalue weighted by Gasteiger charge is 2.25. The molecule has 11 heteroatoms. The fraction of sp³-hybridized carbons (Fsp3) is 0.357. The first kappa shape index (κ1) is 30.0. The number of aromatic nitrogens is 1. The van der Waals surface area contributed by atoms with Gasteiger partial charge in [-0.05, 0) is 43.0 Å². The molecule has 0 aliphatic heterocycles. The number of hydrogen-bond donors (Lipinski definition) is 0. The second-order valence-electron chi connectivity index (χ2n) is 9.19. The lowest BCUT2D eigenvalue weighted by atomic mass is 10.0. The molecule has 0 spiro atoms. The van der Waals surface area contributed by atoms with Gasteiger partial charge in [-0.1, -0.05) is 36.4 Å². The van der Waals surface area contributed by atoms with Gasteiger partial charge in [-0.2, -0.15) is 5.26 Å². The highest BCUT2D eigenvalue weighted by atomic mass is 32.2. The normalized spacial score (nSPS) is 11.3. The molecule has 0 bridgehead atoms. The van der Waals surface area contributed by atoms with Crippen molar-refractivity contribution in [2.75, 3.05) is 33.5 Å². The number of hydrogen-bond acceptors (Lipinski definition) is 8. The highest BCUT2D eigenvalue weighted by Crippen LogP contribution is 2.22. The molecular formula is C28H32N4O5S2. The molecule has 0 fully saturated rings. The second kappa shape index (κ2) is 13.5. The average molecular weight is 569 g/mol. The number of sulfonamides is 1. The molecule has 1 heterocycles. The Morgan fingerprint density at radius 1 is 1.13 bits per heavy atom. The second-order valence-corrected chi connectivity index (χ2v) is 12.7. The molecular weight excluding hydrogens is 536 g/mol. The van der Waals surface area contributed by atoms with E-state index in [1.54, 1.807) is 30.0 Å². The smallest absolute Gasteiger partial charge is 0.227 e. The van der Waals surface area contributed by atoms with E-state index < -0.39 is 21.6 Å². The van der Waals surface area contributed by atoms with Crippen LogP contribution in [0.4, 0.5) is 0 Å². The zero-order valence-corrected chi connectivity index (χ0v) is 24.1. The minimum absolute atomic E-state index is 0.0233. The van der Waals surface area contributed by atoms with Crippen LogP contribution < -0.4 is 4.74 Å². The van der Waals surface area contributed by atoms with E-state index in [-0.39, 0.29) is 24.6 Å². The van der Waals surface area contributed by atoms with Gasteiger partial charge in [-0.25, -0.2) is 17.7 Å². The van der Waals surface area contributed by atoms with E-state index in [1.807, 2.05) is 30.3 Å². The molecule has 0 aliphatic rings. The Morgan fingerprint density at radius 2 is 1.85 bits per heavy atom. The van der Waals surface area contributed by atoms with E-state index in [9.17, 15) is 23.3 Å². The van der Waals surface area contributed by atoms with Gasteiger partial charge in [-0.3, -0.25) is 9.59 Å². The van der Waals surface area contributed by atoms with Crippen molar-refractivity contribution in [3.8, 4) is 11.8 Å². The van der Waals surface area contributed by atoms with Crippen LogP contribution >= 0.6 is 11.3 Å². The summed E-state index contributed by atoms with van der Waals surface area (Å²) < 4.78 is 30.6. The molecule has 3 aromatic rings. The summed E-state index contributed by atoms with van der Waals surface area (Å²) in [6.07, 6.45) is 1.51. The summed E-state index contributed by atoms with van der Waals surface area (Å²) in [4.78, 5) is 32.9. The summed E-state index contributed by atoms with van der Waals surface area (Å²) in [5.41, 5.74) is 2.23. The van der Waals surface area contributed by atoms with E-state index in [1.165, 1.54) is 32.5 Å². The van der Waals surface area contributed by atoms with Crippen molar-refractivity contribution >= 4 is 33.1 Å². The van der Waals surface area contributed by atoms with Gasteiger partial charge in [0, 0.05) is 25.5 Å². The summed E-state index contributed by atoms with van der Waals surface area (Å²) in [5, 5.41) is 10.1. The molecule has 1 amide bonds. The summed E-state index contributed by atoms with van der Waals surface area (Å²) in [6.45, 7) is 2.34. The van der Waals surface area contributed by atoms with Crippen LogP contribution in [-0.4, -0.2) is 67.8 Å². The third kappa shape index (κ3) is 8.20. The number of benzene rings is 2. The van der Waals surface area contributed by atoms with Crippen LogP contribution in [0.5, 0.6) is 5.75 Å². The lowest BCUT2D eigenvalue weighted by Crippen LogP contribution is -2.33. The molecule has 0 saturated heterocycles. The minimum Gasteiger partial charge on any atom is -0.497 e. The first-order chi connectivity index (χ1) is 18.5. The number of nitrogens with zero attached hydrogens (tertiary/aromatic N) is 4. The number of methoxy groups -OCH3 is 1. The number of ketones is 1. The SMILES string of the molecule is COc1ccc(CC(=O)N(CCCc2ccccc2)Cc2nc(C(=O)CS(=O)(=O)N(C)C)c(C)s2)c(C#N)c1. The van der Waals surface area contributed by atoms with Crippen LogP contribution in [0.25, 0.3) is 0 Å². The Labute approximate surface area is 233 Å². The van der Waals surface area contributed by atoms with E-state index in [4.69, 9.17) is 4.74 Å². The number of ether oxygens (including phenoxy) is 1. The van der Waals surface area contributed by atoms with Gasteiger partial charge < -0.3 is 9.64 Å². The van der Waals surface area contributed by atoms with Crippen molar-refractivity contribution in [2.45, 2.75) is 32.7 Å². The standard InChI is InChI=1S/C28H32N4O5S2/c1-20-28(25(33)19-39(35,36)31(2)3)30-26(38-20)18-32(14-8-11-21-9-6-5-7-10-21)27(34)16-22-12-13-24(37-4)15-23(22)17-29/h5-7,9-10,12-13,15H,8,11,14,16,18-19H2,1-4H3. The Kier molecular flexibility index (Phi) is 10.3. The molecule has 2 aromatic carbocycles. The Bertz CT molecular complexity index is 1460. The van der Waals surface area contributed by atoms with Gasteiger partial charge in [0.1, 0.15) is 22.2 Å². The molecule has 3 rings (SSSR count). The number of amides is 1. The Morgan fingerprint density at radius 3 is 2.49 bits per heavy atom. The third-order valence-electron chi connectivity index (χ3n) is 6.17. The monoisotopic (exact) mass is 568 g/mol. The molecule has 9 nitrogen and oxygen atoms in total. The van der Waals surface area contributed by atoms with Gasteiger partial charge >= 0.3 is 0 Å².